The monoisotopic (exact) mass is 260 g/mol. The maximum absolute atomic E-state index is 5.83. The van der Waals surface area contributed by atoms with Crippen LogP contribution in [0.15, 0.2) is 42.6 Å². The highest BCUT2D eigenvalue weighted by molar-refractivity contribution is 6.51. The summed E-state index contributed by atoms with van der Waals surface area (Å²) in [6.07, 6.45) is 1.65. The molecule has 0 saturated carbocycles. The molecule has 0 radical (unpaired) electrons. The minimum Gasteiger partial charge on any atom is -0.497 e. The summed E-state index contributed by atoms with van der Waals surface area (Å²) < 4.78 is 17.1. The van der Waals surface area contributed by atoms with Gasteiger partial charge in [0.25, 0.3) is 0 Å². The first kappa shape index (κ1) is 14.2. The van der Waals surface area contributed by atoms with Crippen LogP contribution in [0.4, 0.5) is 0 Å². The molecule has 1 aliphatic heterocycles. The van der Waals surface area contributed by atoms with Crippen molar-refractivity contribution in [1.82, 2.24) is 0 Å². The SMILES string of the molecule is CC1(C)OB(C=COCc2ccccc2)OC1(C)C. The first-order valence-corrected chi connectivity index (χ1v) is 6.58. The highest BCUT2D eigenvalue weighted by atomic mass is 16.7. The van der Waals surface area contributed by atoms with Crippen LogP contribution in [0.1, 0.15) is 33.3 Å². The van der Waals surface area contributed by atoms with Crippen molar-refractivity contribution in [2.24, 2.45) is 0 Å². The van der Waals surface area contributed by atoms with Gasteiger partial charge in [-0.3, -0.25) is 0 Å². The standard InChI is InChI=1S/C15H21BO3/c1-14(2)15(3,4)19-16(18-14)10-11-17-12-13-8-6-5-7-9-13/h5-11H,12H2,1-4H3. The fraction of sp³-hybridized carbons (Fsp3) is 0.467. The Kier molecular flexibility index (Phi) is 4.02. The zero-order valence-electron chi connectivity index (χ0n) is 12.1. The van der Waals surface area contributed by atoms with Crippen molar-refractivity contribution in [1.29, 1.82) is 0 Å². The predicted molar refractivity (Wildman–Crippen MR) is 76.5 cm³/mol. The molecule has 0 amide bonds. The molecule has 19 heavy (non-hydrogen) atoms. The maximum Gasteiger partial charge on any atom is 0.490 e. The molecule has 1 aliphatic rings. The van der Waals surface area contributed by atoms with Crippen LogP contribution >= 0.6 is 0 Å². The first-order chi connectivity index (χ1) is 8.91. The second kappa shape index (κ2) is 5.39. The van der Waals surface area contributed by atoms with Crippen molar-refractivity contribution in [3.8, 4) is 0 Å². The molecule has 0 N–H and O–H groups in total. The van der Waals surface area contributed by atoms with E-state index in [9.17, 15) is 0 Å². The number of hydrogen-bond donors (Lipinski definition) is 0. The molecule has 0 unspecified atom stereocenters. The zero-order chi connectivity index (χ0) is 13.9. The molecule has 0 atom stereocenters. The second-order valence-corrected chi connectivity index (χ2v) is 5.75. The van der Waals surface area contributed by atoms with E-state index in [1.807, 2.05) is 58.0 Å². The van der Waals surface area contributed by atoms with Crippen molar-refractivity contribution < 1.29 is 14.0 Å². The smallest absolute Gasteiger partial charge is 0.490 e. The van der Waals surface area contributed by atoms with Gasteiger partial charge in [0, 0.05) is 0 Å². The van der Waals surface area contributed by atoms with E-state index >= 15 is 0 Å². The van der Waals surface area contributed by atoms with Crippen LogP contribution in [-0.4, -0.2) is 18.3 Å². The summed E-state index contributed by atoms with van der Waals surface area (Å²) in [5, 5.41) is 0. The summed E-state index contributed by atoms with van der Waals surface area (Å²) in [5.41, 5.74) is 0.532. The topological polar surface area (TPSA) is 27.7 Å². The quantitative estimate of drug-likeness (QED) is 0.613. The van der Waals surface area contributed by atoms with Gasteiger partial charge in [-0.25, -0.2) is 0 Å². The van der Waals surface area contributed by atoms with E-state index < -0.39 is 0 Å². The van der Waals surface area contributed by atoms with Gasteiger partial charge in [-0.15, -0.1) is 0 Å². The largest absolute Gasteiger partial charge is 0.497 e. The van der Waals surface area contributed by atoms with E-state index in [1.165, 1.54) is 0 Å². The van der Waals surface area contributed by atoms with Crippen LogP contribution in [-0.2, 0) is 20.7 Å². The molecular weight excluding hydrogens is 239 g/mol. The summed E-state index contributed by atoms with van der Waals surface area (Å²) in [4.78, 5) is 0. The molecule has 1 fully saturated rings. The molecule has 1 aromatic rings. The Hall–Kier alpha value is -1.26. The van der Waals surface area contributed by atoms with Gasteiger partial charge in [0.15, 0.2) is 0 Å². The van der Waals surface area contributed by atoms with Gasteiger partial charge in [0.05, 0.1) is 17.5 Å². The fourth-order valence-electron chi connectivity index (χ4n) is 1.81. The van der Waals surface area contributed by atoms with E-state index in [2.05, 4.69) is 0 Å². The Labute approximate surface area is 115 Å². The van der Waals surface area contributed by atoms with Gasteiger partial charge in [0.2, 0.25) is 0 Å². The Balaban J connectivity index is 1.82. The van der Waals surface area contributed by atoms with Crippen molar-refractivity contribution in [2.45, 2.75) is 45.5 Å². The van der Waals surface area contributed by atoms with Crippen molar-refractivity contribution >= 4 is 7.12 Å². The van der Waals surface area contributed by atoms with E-state index in [4.69, 9.17) is 14.0 Å². The normalized spacial score (nSPS) is 20.9. The average molecular weight is 260 g/mol. The lowest BCUT2D eigenvalue weighted by molar-refractivity contribution is 0.00578. The highest BCUT2D eigenvalue weighted by Crippen LogP contribution is 2.36. The summed E-state index contributed by atoms with van der Waals surface area (Å²) in [6, 6.07) is 10.0. The van der Waals surface area contributed by atoms with Crippen molar-refractivity contribution in [2.75, 3.05) is 0 Å². The second-order valence-electron chi connectivity index (χ2n) is 5.75. The molecule has 0 spiro atoms. The van der Waals surface area contributed by atoms with E-state index in [1.54, 1.807) is 12.2 Å². The van der Waals surface area contributed by atoms with Crippen LogP contribution in [0, 0.1) is 0 Å². The highest BCUT2D eigenvalue weighted by Gasteiger charge is 2.50. The lowest BCUT2D eigenvalue weighted by atomic mass is 9.90. The maximum atomic E-state index is 5.83. The Morgan fingerprint density at radius 2 is 1.63 bits per heavy atom. The van der Waals surface area contributed by atoms with Crippen LogP contribution < -0.4 is 0 Å². The van der Waals surface area contributed by atoms with Crippen molar-refractivity contribution in [3.63, 3.8) is 0 Å². The van der Waals surface area contributed by atoms with E-state index in [0.29, 0.717) is 6.61 Å². The third kappa shape index (κ3) is 3.40. The van der Waals surface area contributed by atoms with Crippen LogP contribution in [0.2, 0.25) is 0 Å². The van der Waals surface area contributed by atoms with Crippen LogP contribution in [0.3, 0.4) is 0 Å². The number of ether oxygens (including phenoxy) is 1. The molecular formula is C15H21BO3. The molecule has 3 nitrogen and oxygen atoms in total. The minimum absolute atomic E-state index is 0.304. The summed E-state index contributed by atoms with van der Waals surface area (Å²) in [7, 11) is -0.347. The molecule has 1 aromatic carbocycles. The lowest BCUT2D eigenvalue weighted by Gasteiger charge is -2.32. The number of rotatable bonds is 4. The van der Waals surface area contributed by atoms with Gasteiger partial charge in [0.1, 0.15) is 6.61 Å². The molecule has 0 aromatic heterocycles. The van der Waals surface area contributed by atoms with Crippen LogP contribution in [0.5, 0.6) is 0 Å². The average Bonchev–Trinajstić information content (AvgIpc) is 2.55. The van der Waals surface area contributed by atoms with Gasteiger partial charge in [-0.05, 0) is 39.2 Å². The zero-order valence-corrected chi connectivity index (χ0v) is 12.1. The van der Waals surface area contributed by atoms with Crippen LogP contribution in [0.25, 0.3) is 0 Å². The van der Waals surface area contributed by atoms with Gasteiger partial charge in [-0.2, -0.15) is 0 Å². The molecule has 102 valence electrons. The molecule has 0 aliphatic carbocycles. The molecule has 1 heterocycles. The molecule has 2 rings (SSSR count). The third-order valence-electron chi connectivity index (χ3n) is 3.70. The Bertz CT molecular complexity index is 424. The summed E-state index contributed by atoms with van der Waals surface area (Å²) in [5.74, 6) is 1.81. The Morgan fingerprint density at radius 3 is 2.21 bits per heavy atom. The van der Waals surface area contributed by atoms with Gasteiger partial charge in [-0.1, -0.05) is 30.3 Å². The predicted octanol–water partition coefficient (Wildman–Crippen LogP) is 3.35. The summed E-state index contributed by atoms with van der Waals surface area (Å²) in [6.45, 7) is 8.69. The summed E-state index contributed by atoms with van der Waals surface area (Å²) >= 11 is 0. The number of hydrogen-bond acceptors (Lipinski definition) is 3. The number of benzene rings is 1. The van der Waals surface area contributed by atoms with Gasteiger partial charge >= 0.3 is 7.12 Å². The first-order valence-electron chi connectivity index (χ1n) is 6.58. The fourth-order valence-corrected chi connectivity index (χ4v) is 1.81. The molecule has 1 saturated heterocycles. The van der Waals surface area contributed by atoms with E-state index in [-0.39, 0.29) is 18.3 Å². The Morgan fingerprint density at radius 1 is 1.05 bits per heavy atom. The van der Waals surface area contributed by atoms with E-state index in [0.717, 1.165) is 5.56 Å². The van der Waals surface area contributed by atoms with Crippen molar-refractivity contribution in [3.05, 3.63) is 48.1 Å². The molecule has 0 bridgehead atoms. The van der Waals surface area contributed by atoms with Gasteiger partial charge < -0.3 is 14.0 Å². The third-order valence-corrected chi connectivity index (χ3v) is 3.70. The minimum atomic E-state index is -0.347. The molecule has 4 heteroatoms. The lowest BCUT2D eigenvalue weighted by Crippen LogP contribution is -2.41.